The van der Waals surface area contributed by atoms with Crippen LogP contribution in [0.1, 0.15) is 26.7 Å². The number of hydrogen-bond acceptors (Lipinski definition) is 5. The predicted molar refractivity (Wildman–Crippen MR) is 85.1 cm³/mol. The van der Waals surface area contributed by atoms with Crippen molar-refractivity contribution < 1.29 is 18.3 Å². The van der Waals surface area contributed by atoms with Gasteiger partial charge >= 0.3 is 0 Å². The molecular formula is C15H29NO4S. The number of aliphatic hydroxyl groups excluding tert-OH is 1. The van der Waals surface area contributed by atoms with E-state index >= 15 is 0 Å². The molecular weight excluding hydrogens is 290 g/mol. The van der Waals surface area contributed by atoms with E-state index in [1.54, 1.807) is 6.92 Å². The average molecular weight is 319 g/mol. The monoisotopic (exact) mass is 319 g/mol. The Kier molecular flexibility index (Phi) is 8.48. The second kappa shape index (κ2) is 9.56. The number of ether oxygens (including phenoxy) is 1. The van der Waals surface area contributed by atoms with Gasteiger partial charge in [0.05, 0.1) is 25.1 Å². The molecule has 6 heteroatoms. The van der Waals surface area contributed by atoms with E-state index in [4.69, 9.17) is 4.74 Å². The Morgan fingerprint density at radius 3 is 2.76 bits per heavy atom. The molecule has 1 aliphatic rings. The van der Waals surface area contributed by atoms with Crippen molar-refractivity contribution in [2.24, 2.45) is 11.8 Å². The van der Waals surface area contributed by atoms with Crippen molar-refractivity contribution in [2.75, 3.05) is 37.8 Å². The quantitative estimate of drug-likeness (QED) is 0.464. The lowest BCUT2D eigenvalue weighted by Gasteiger charge is -2.25. The summed E-state index contributed by atoms with van der Waals surface area (Å²) in [5.41, 5.74) is 0. The van der Waals surface area contributed by atoms with Gasteiger partial charge in [0, 0.05) is 18.8 Å². The first-order valence-electron chi connectivity index (χ1n) is 7.76. The largest absolute Gasteiger partial charge is 0.389 e. The lowest BCUT2D eigenvalue weighted by Crippen LogP contribution is -2.34. The van der Waals surface area contributed by atoms with Gasteiger partial charge in [-0.15, -0.1) is 0 Å². The van der Waals surface area contributed by atoms with Crippen LogP contribution in [0.25, 0.3) is 0 Å². The molecule has 21 heavy (non-hydrogen) atoms. The molecule has 0 aromatic heterocycles. The first kappa shape index (κ1) is 18.6. The number of allylic oxidation sites excluding steroid dienone is 2. The zero-order valence-electron chi connectivity index (χ0n) is 13.1. The summed E-state index contributed by atoms with van der Waals surface area (Å²) in [5, 5.41) is 12.7. The summed E-state index contributed by atoms with van der Waals surface area (Å²) in [4.78, 5) is 0. The zero-order chi connectivity index (χ0) is 15.7. The van der Waals surface area contributed by atoms with E-state index in [2.05, 4.69) is 24.4 Å². The van der Waals surface area contributed by atoms with Gasteiger partial charge in [0.25, 0.3) is 0 Å². The summed E-state index contributed by atoms with van der Waals surface area (Å²) in [6, 6.07) is 0. The Morgan fingerprint density at radius 2 is 2.10 bits per heavy atom. The summed E-state index contributed by atoms with van der Waals surface area (Å²) in [6.07, 6.45) is 5.96. The molecule has 1 aliphatic carbocycles. The van der Waals surface area contributed by atoms with Crippen LogP contribution >= 0.6 is 0 Å². The van der Waals surface area contributed by atoms with Gasteiger partial charge in [-0.25, -0.2) is 8.42 Å². The Balaban J connectivity index is 2.06. The number of sulfone groups is 1. The lowest BCUT2D eigenvalue weighted by atomic mass is 9.85. The van der Waals surface area contributed by atoms with Crippen LogP contribution in [0.2, 0.25) is 0 Å². The summed E-state index contributed by atoms with van der Waals surface area (Å²) in [5.74, 6) is 1.44. The Labute approximate surface area is 128 Å². The molecule has 0 fully saturated rings. The van der Waals surface area contributed by atoms with E-state index in [1.807, 2.05) is 0 Å². The minimum Gasteiger partial charge on any atom is -0.389 e. The fraction of sp³-hybridized carbons (Fsp3) is 0.867. The number of rotatable bonds is 10. The molecule has 0 radical (unpaired) electrons. The molecule has 3 atom stereocenters. The van der Waals surface area contributed by atoms with Gasteiger partial charge in [-0.1, -0.05) is 26.0 Å². The van der Waals surface area contributed by atoms with E-state index in [0.717, 1.165) is 12.8 Å². The van der Waals surface area contributed by atoms with Crippen LogP contribution in [-0.4, -0.2) is 57.4 Å². The Morgan fingerprint density at radius 1 is 1.38 bits per heavy atom. The second-order valence-corrected chi connectivity index (χ2v) is 8.28. The van der Waals surface area contributed by atoms with Crippen LogP contribution in [0.3, 0.4) is 0 Å². The van der Waals surface area contributed by atoms with Gasteiger partial charge in [0.15, 0.2) is 9.84 Å². The normalized spacial score (nSPS) is 24.1. The standard InChI is InChI=1S/C15H29NO4S/c1-3-21(18,19)9-8-16-10-15(17)12-20-11-14-7-5-4-6-13(14)2/h4-5,13-17H,3,6-12H2,1-2H3. The molecule has 0 heterocycles. The highest BCUT2D eigenvalue weighted by atomic mass is 32.2. The minimum atomic E-state index is -2.94. The third kappa shape index (κ3) is 7.95. The van der Waals surface area contributed by atoms with Gasteiger partial charge < -0.3 is 15.2 Å². The smallest absolute Gasteiger partial charge is 0.151 e. The summed E-state index contributed by atoms with van der Waals surface area (Å²) < 4.78 is 28.2. The van der Waals surface area contributed by atoms with E-state index in [9.17, 15) is 13.5 Å². The highest BCUT2D eigenvalue weighted by Crippen LogP contribution is 2.24. The Hall–Kier alpha value is -0.430. The van der Waals surface area contributed by atoms with Crippen LogP contribution in [0.15, 0.2) is 12.2 Å². The molecule has 0 aromatic rings. The average Bonchev–Trinajstić information content (AvgIpc) is 2.46. The van der Waals surface area contributed by atoms with Crippen LogP contribution in [-0.2, 0) is 14.6 Å². The molecule has 0 spiro atoms. The zero-order valence-corrected chi connectivity index (χ0v) is 13.9. The van der Waals surface area contributed by atoms with Gasteiger partial charge in [-0.3, -0.25) is 0 Å². The van der Waals surface area contributed by atoms with Gasteiger partial charge in [-0.05, 0) is 24.7 Å². The molecule has 5 nitrogen and oxygen atoms in total. The van der Waals surface area contributed by atoms with Crippen molar-refractivity contribution in [1.82, 2.24) is 5.32 Å². The lowest BCUT2D eigenvalue weighted by molar-refractivity contribution is 0.0131. The van der Waals surface area contributed by atoms with E-state index in [0.29, 0.717) is 38.1 Å². The van der Waals surface area contributed by atoms with Gasteiger partial charge in [0.2, 0.25) is 0 Å². The second-order valence-electron chi connectivity index (χ2n) is 5.81. The maximum absolute atomic E-state index is 11.3. The molecule has 0 amide bonds. The number of aliphatic hydroxyl groups is 1. The maximum Gasteiger partial charge on any atom is 0.151 e. The summed E-state index contributed by atoms with van der Waals surface area (Å²) >= 11 is 0. The number of hydrogen-bond donors (Lipinski definition) is 2. The molecule has 1 rings (SSSR count). The van der Waals surface area contributed by atoms with Crippen molar-refractivity contribution in [1.29, 1.82) is 0 Å². The molecule has 0 saturated heterocycles. The van der Waals surface area contributed by atoms with Crippen LogP contribution < -0.4 is 5.32 Å². The van der Waals surface area contributed by atoms with Crippen molar-refractivity contribution in [3.63, 3.8) is 0 Å². The maximum atomic E-state index is 11.3. The fourth-order valence-corrected chi connectivity index (χ4v) is 3.04. The summed E-state index contributed by atoms with van der Waals surface area (Å²) in [6.45, 7) is 5.56. The molecule has 124 valence electrons. The molecule has 0 bridgehead atoms. The van der Waals surface area contributed by atoms with Gasteiger partial charge in [0.1, 0.15) is 0 Å². The van der Waals surface area contributed by atoms with Crippen LogP contribution in [0, 0.1) is 11.8 Å². The highest BCUT2D eigenvalue weighted by molar-refractivity contribution is 7.91. The highest BCUT2D eigenvalue weighted by Gasteiger charge is 2.18. The molecule has 0 saturated carbocycles. The topological polar surface area (TPSA) is 75.6 Å². The first-order valence-corrected chi connectivity index (χ1v) is 9.58. The third-order valence-electron chi connectivity index (χ3n) is 3.97. The minimum absolute atomic E-state index is 0.114. The Bertz CT molecular complexity index is 408. The molecule has 0 aromatic carbocycles. The van der Waals surface area contributed by atoms with Crippen molar-refractivity contribution in [3.05, 3.63) is 12.2 Å². The van der Waals surface area contributed by atoms with Crippen molar-refractivity contribution >= 4 is 9.84 Å². The van der Waals surface area contributed by atoms with Crippen LogP contribution in [0.4, 0.5) is 0 Å². The van der Waals surface area contributed by atoms with Crippen molar-refractivity contribution in [2.45, 2.75) is 32.8 Å². The van der Waals surface area contributed by atoms with E-state index < -0.39 is 15.9 Å². The molecule has 0 aliphatic heterocycles. The molecule has 3 unspecified atom stereocenters. The summed E-state index contributed by atoms with van der Waals surface area (Å²) in [7, 11) is -2.94. The molecule has 2 N–H and O–H groups in total. The van der Waals surface area contributed by atoms with E-state index in [-0.39, 0.29) is 11.5 Å². The third-order valence-corrected chi connectivity index (χ3v) is 5.68. The predicted octanol–water partition coefficient (Wildman–Crippen LogP) is 0.991. The SMILES string of the molecule is CCS(=O)(=O)CCNCC(O)COCC1CC=CCC1C. The van der Waals surface area contributed by atoms with Gasteiger partial charge in [-0.2, -0.15) is 0 Å². The van der Waals surface area contributed by atoms with Crippen LogP contribution in [0.5, 0.6) is 0 Å². The number of nitrogens with one attached hydrogen (secondary N) is 1. The first-order chi connectivity index (χ1) is 9.94. The fourth-order valence-electron chi connectivity index (χ4n) is 2.29. The van der Waals surface area contributed by atoms with Crippen molar-refractivity contribution in [3.8, 4) is 0 Å². The van der Waals surface area contributed by atoms with E-state index in [1.165, 1.54) is 0 Å².